The Labute approximate surface area is 155 Å². The van der Waals surface area contributed by atoms with Crippen LogP contribution < -0.4 is 0 Å². The van der Waals surface area contributed by atoms with E-state index in [-0.39, 0.29) is 12.0 Å². The van der Waals surface area contributed by atoms with Gasteiger partial charge < -0.3 is 9.64 Å². The molecule has 0 aliphatic carbocycles. The summed E-state index contributed by atoms with van der Waals surface area (Å²) in [4.78, 5) is 18.9. The van der Waals surface area contributed by atoms with E-state index in [2.05, 4.69) is 30.7 Å². The molecule has 1 saturated heterocycles. The molecule has 3 aromatic rings. The number of aryl methyl sites for hydroxylation is 1. The van der Waals surface area contributed by atoms with E-state index < -0.39 is 0 Å². The van der Waals surface area contributed by atoms with Crippen LogP contribution in [0.4, 0.5) is 0 Å². The molecule has 1 amide bonds. The number of benzene rings is 1. The van der Waals surface area contributed by atoms with Gasteiger partial charge in [0.05, 0.1) is 25.3 Å². The van der Waals surface area contributed by atoms with Gasteiger partial charge in [0.2, 0.25) is 5.91 Å². The fourth-order valence-electron chi connectivity index (χ4n) is 2.98. The highest BCUT2D eigenvalue weighted by atomic mass is 16.5. The minimum atomic E-state index is -0.290. The number of rotatable bonds is 5. The molecule has 0 spiro atoms. The number of morpholine rings is 1. The molecule has 1 atom stereocenters. The zero-order valence-electron chi connectivity index (χ0n) is 14.9. The van der Waals surface area contributed by atoms with Crippen molar-refractivity contribution in [2.24, 2.45) is 0 Å². The van der Waals surface area contributed by atoms with E-state index in [1.54, 1.807) is 4.68 Å². The number of carbonyl (C=O) groups excluding carboxylic acids is 1. The van der Waals surface area contributed by atoms with Crippen LogP contribution in [0.5, 0.6) is 0 Å². The lowest BCUT2D eigenvalue weighted by atomic mass is 10.1. The zero-order chi connectivity index (χ0) is 18.6. The first kappa shape index (κ1) is 17.3. The normalized spacial score (nSPS) is 17.2. The Balaban J connectivity index is 1.38. The van der Waals surface area contributed by atoms with Crippen LogP contribution in [0.2, 0.25) is 0 Å². The molecule has 1 unspecified atom stereocenters. The summed E-state index contributed by atoms with van der Waals surface area (Å²) in [5.41, 5.74) is 1.78. The number of hydrogen-bond acceptors (Lipinski definition) is 7. The number of ether oxygens (including phenoxy) is 1. The second-order valence-electron chi connectivity index (χ2n) is 6.29. The third kappa shape index (κ3) is 3.85. The van der Waals surface area contributed by atoms with Gasteiger partial charge in [-0.3, -0.25) is 9.89 Å². The molecule has 140 valence electrons. The quantitative estimate of drug-likeness (QED) is 0.697. The van der Waals surface area contributed by atoms with Gasteiger partial charge in [0, 0.05) is 13.0 Å². The van der Waals surface area contributed by atoms with Gasteiger partial charge in [-0.15, -0.1) is 5.10 Å². The van der Waals surface area contributed by atoms with Crippen molar-refractivity contribution in [3.8, 4) is 5.69 Å². The van der Waals surface area contributed by atoms with Gasteiger partial charge in [-0.25, -0.2) is 9.67 Å². The average Bonchev–Trinajstić information content (AvgIpc) is 3.41. The Morgan fingerprint density at radius 2 is 2.19 bits per heavy atom. The molecule has 10 nitrogen and oxygen atoms in total. The predicted octanol–water partition coefficient (Wildman–Crippen LogP) is 0.485. The summed E-state index contributed by atoms with van der Waals surface area (Å²) in [7, 11) is 0. The van der Waals surface area contributed by atoms with Crippen LogP contribution in [0, 0.1) is 0 Å². The van der Waals surface area contributed by atoms with Crippen LogP contribution in [0.3, 0.4) is 0 Å². The van der Waals surface area contributed by atoms with Gasteiger partial charge in [-0.05, 0) is 28.1 Å². The number of H-pyrrole nitrogens is 1. The highest BCUT2D eigenvalue weighted by Crippen LogP contribution is 2.20. The van der Waals surface area contributed by atoms with Crippen LogP contribution in [-0.4, -0.2) is 65.9 Å². The van der Waals surface area contributed by atoms with Crippen molar-refractivity contribution in [1.82, 2.24) is 40.3 Å². The number of carbonyl (C=O) groups is 1. The van der Waals surface area contributed by atoms with E-state index in [1.165, 1.54) is 6.33 Å². The Hall–Kier alpha value is -3.14. The molecule has 1 aliphatic rings. The van der Waals surface area contributed by atoms with Crippen molar-refractivity contribution in [3.63, 3.8) is 0 Å². The van der Waals surface area contributed by atoms with E-state index in [4.69, 9.17) is 4.74 Å². The van der Waals surface area contributed by atoms with Crippen molar-refractivity contribution < 1.29 is 9.53 Å². The molecule has 1 aliphatic heterocycles. The standard InChI is InChI=1S/C17H20N8O2/c1-2-15-19-17(21-20-15)14-10-24(7-8-27-14)16(26)9-12-3-5-13(6-4-12)25-11-18-22-23-25/h3-6,11,14H,2,7-10H2,1H3,(H,19,20,21). The molecule has 1 fully saturated rings. The van der Waals surface area contributed by atoms with Crippen LogP contribution in [0.25, 0.3) is 5.69 Å². The minimum Gasteiger partial charge on any atom is -0.366 e. The van der Waals surface area contributed by atoms with E-state index in [1.807, 2.05) is 36.1 Å². The topological polar surface area (TPSA) is 115 Å². The number of nitrogens with one attached hydrogen (secondary N) is 1. The van der Waals surface area contributed by atoms with Gasteiger partial charge in [-0.1, -0.05) is 19.1 Å². The minimum absolute atomic E-state index is 0.0599. The maximum atomic E-state index is 12.7. The zero-order valence-corrected chi connectivity index (χ0v) is 14.9. The fraction of sp³-hybridized carbons (Fsp3) is 0.412. The van der Waals surface area contributed by atoms with Gasteiger partial charge in [0.25, 0.3) is 0 Å². The smallest absolute Gasteiger partial charge is 0.227 e. The molecular weight excluding hydrogens is 348 g/mol. The summed E-state index contributed by atoms with van der Waals surface area (Å²) in [5, 5.41) is 18.2. The Kier molecular flexibility index (Phi) is 4.88. The lowest BCUT2D eigenvalue weighted by Gasteiger charge is -2.31. The second-order valence-corrected chi connectivity index (χ2v) is 6.29. The molecule has 3 heterocycles. The van der Waals surface area contributed by atoms with Crippen molar-refractivity contribution in [3.05, 3.63) is 47.8 Å². The highest BCUT2D eigenvalue weighted by molar-refractivity contribution is 5.79. The SMILES string of the molecule is CCc1nc(C2CN(C(=O)Cc3ccc(-n4cnnn4)cc3)CCO2)n[nH]1. The lowest BCUT2D eigenvalue weighted by Crippen LogP contribution is -2.43. The molecule has 0 bridgehead atoms. The Bertz CT molecular complexity index is 890. The molecule has 0 radical (unpaired) electrons. The first-order chi connectivity index (χ1) is 13.2. The number of nitrogens with zero attached hydrogens (tertiary/aromatic N) is 7. The molecule has 1 N–H and O–H groups in total. The lowest BCUT2D eigenvalue weighted by molar-refractivity contribution is -0.138. The summed E-state index contributed by atoms with van der Waals surface area (Å²) < 4.78 is 7.32. The number of amides is 1. The van der Waals surface area contributed by atoms with Crippen molar-refractivity contribution >= 4 is 5.91 Å². The Morgan fingerprint density at radius 1 is 1.33 bits per heavy atom. The maximum Gasteiger partial charge on any atom is 0.227 e. The van der Waals surface area contributed by atoms with E-state index in [9.17, 15) is 4.79 Å². The van der Waals surface area contributed by atoms with E-state index in [0.29, 0.717) is 31.9 Å². The maximum absolute atomic E-state index is 12.7. The van der Waals surface area contributed by atoms with Crippen LogP contribution in [-0.2, 0) is 22.4 Å². The van der Waals surface area contributed by atoms with Crippen LogP contribution in [0.1, 0.15) is 30.2 Å². The summed E-state index contributed by atoms with van der Waals surface area (Å²) in [6.45, 7) is 3.52. The highest BCUT2D eigenvalue weighted by Gasteiger charge is 2.28. The average molecular weight is 368 g/mol. The monoisotopic (exact) mass is 368 g/mol. The first-order valence-corrected chi connectivity index (χ1v) is 8.86. The fourth-order valence-corrected chi connectivity index (χ4v) is 2.98. The molecule has 2 aromatic heterocycles. The largest absolute Gasteiger partial charge is 0.366 e. The van der Waals surface area contributed by atoms with Crippen molar-refractivity contribution in [2.45, 2.75) is 25.9 Å². The third-order valence-electron chi connectivity index (χ3n) is 4.50. The third-order valence-corrected chi connectivity index (χ3v) is 4.50. The molecular formula is C17H20N8O2. The van der Waals surface area contributed by atoms with Gasteiger partial charge in [0.1, 0.15) is 18.3 Å². The van der Waals surface area contributed by atoms with Gasteiger partial charge in [0.15, 0.2) is 5.82 Å². The summed E-state index contributed by atoms with van der Waals surface area (Å²) in [5.74, 6) is 1.49. The van der Waals surface area contributed by atoms with E-state index >= 15 is 0 Å². The van der Waals surface area contributed by atoms with Crippen molar-refractivity contribution in [2.75, 3.05) is 19.7 Å². The predicted molar refractivity (Wildman–Crippen MR) is 93.9 cm³/mol. The number of hydrogen-bond donors (Lipinski definition) is 1. The van der Waals surface area contributed by atoms with Crippen LogP contribution >= 0.6 is 0 Å². The van der Waals surface area contributed by atoms with Crippen molar-refractivity contribution in [1.29, 1.82) is 0 Å². The van der Waals surface area contributed by atoms with E-state index in [0.717, 1.165) is 23.5 Å². The van der Waals surface area contributed by atoms with Crippen LogP contribution in [0.15, 0.2) is 30.6 Å². The molecule has 27 heavy (non-hydrogen) atoms. The summed E-state index contributed by atoms with van der Waals surface area (Å²) in [6, 6.07) is 7.60. The molecule has 0 saturated carbocycles. The molecule has 10 heteroatoms. The second kappa shape index (κ2) is 7.62. The number of aromatic nitrogens is 7. The summed E-state index contributed by atoms with van der Waals surface area (Å²) >= 11 is 0. The Morgan fingerprint density at radius 3 is 2.89 bits per heavy atom. The number of aromatic amines is 1. The first-order valence-electron chi connectivity index (χ1n) is 8.86. The number of tetrazole rings is 1. The molecule has 1 aromatic carbocycles. The molecule has 4 rings (SSSR count). The van der Waals surface area contributed by atoms with Gasteiger partial charge >= 0.3 is 0 Å². The summed E-state index contributed by atoms with van der Waals surface area (Å²) in [6.07, 6.45) is 2.35. The van der Waals surface area contributed by atoms with Gasteiger partial charge in [-0.2, -0.15) is 5.10 Å².